The molecule has 1 aromatic rings. The number of aliphatic carboxylic acids is 1. The highest BCUT2D eigenvalue weighted by Gasteiger charge is 2.12. The van der Waals surface area contributed by atoms with Gasteiger partial charge in [0.15, 0.2) is 0 Å². The van der Waals surface area contributed by atoms with Gasteiger partial charge in [-0.2, -0.15) is 4.98 Å². The molecule has 0 saturated carbocycles. The normalized spacial score (nSPS) is 11.1. The Bertz CT molecular complexity index is 547. The molecule has 0 aliphatic heterocycles. The van der Waals surface area contributed by atoms with Crippen molar-refractivity contribution in [2.24, 2.45) is 5.92 Å². The minimum atomic E-state index is -0.830. The van der Waals surface area contributed by atoms with E-state index in [0.29, 0.717) is 24.6 Å². The van der Waals surface area contributed by atoms with Crippen molar-refractivity contribution in [1.82, 2.24) is 9.55 Å². The number of carboxylic acids is 1. The minimum absolute atomic E-state index is 0.0644. The molecule has 5 heteroatoms. The van der Waals surface area contributed by atoms with Gasteiger partial charge in [0.1, 0.15) is 0 Å². The van der Waals surface area contributed by atoms with Crippen molar-refractivity contribution in [2.75, 3.05) is 0 Å². The molecule has 0 saturated heterocycles. The molecule has 1 N–H and O–H groups in total. The molecule has 118 valence electrons. The molecule has 5 nitrogen and oxygen atoms in total. The Labute approximate surface area is 126 Å². The van der Waals surface area contributed by atoms with Gasteiger partial charge >= 0.3 is 11.7 Å². The lowest BCUT2D eigenvalue weighted by Gasteiger charge is -2.15. The van der Waals surface area contributed by atoms with Crippen LogP contribution in [0.4, 0.5) is 0 Å². The lowest BCUT2D eigenvalue weighted by molar-refractivity contribution is -0.136. The first-order chi connectivity index (χ1) is 9.82. The van der Waals surface area contributed by atoms with Crippen LogP contribution in [0.2, 0.25) is 0 Å². The Morgan fingerprint density at radius 2 is 1.95 bits per heavy atom. The monoisotopic (exact) mass is 294 g/mol. The first-order valence-corrected chi connectivity index (χ1v) is 7.61. The lowest BCUT2D eigenvalue weighted by Crippen LogP contribution is -2.28. The van der Waals surface area contributed by atoms with Crippen molar-refractivity contribution < 1.29 is 9.90 Å². The molecule has 0 aliphatic rings. The predicted molar refractivity (Wildman–Crippen MR) is 82.6 cm³/mol. The first kappa shape index (κ1) is 17.4. The van der Waals surface area contributed by atoms with Crippen molar-refractivity contribution in [3.05, 3.63) is 27.4 Å². The van der Waals surface area contributed by atoms with E-state index >= 15 is 0 Å². The van der Waals surface area contributed by atoms with E-state index < -0.39 is 5.97 Å². The maximum Gasteiger partial charge on any atom is 0.347 e. The van der Waals surface area contributed by atoms with E-state index in [-0.39, 0.29) is 12.1 Å². The third kappa shape index (κ3) is 5.33. The molecule has 0 aliphatic carbocycles. The molecule has 0 unspecified atom stereocenters. The fraction of sp³-hybridized carbons (Fsp3) is 0.688. The summed E-state index contributed by atoms with van der Waals surface area (Å²) in [6.45, 7) is 8.69. The van der Waals surface area contributed by atoms with Crippen LogP contribution in [0.3, 0.4) is 0 Å². The Kier molecular flexibility index (Phi) is 6.59. The van der Waals surface area contributed by atoms with E-state index in [2.05, 4.69) is 18.8 Å². The van der Waals surface area contributed by atoms with Crippen molar-refractivity contribution in [2.45, 2.75) is 66.3 Å². The highest BCUT2D eigenvalue weighted by molar-refractivity contribution is 5.67. The highest BCUT2D eigenvalue weighted by Crippen LogP contribution is 2.13. The Morgan fingerprint density at radius 3 is 2.52 bits per heavy atom. The Hall–Kier alpha value is -1.65. The average Bonchev–Trinajstić information content (AvgIpc) is 2.36. The van der Waals surface area contributed by atoms with Gasteiger partial charge in [0.2, 0.25) is 0 Å². The van der Waals surface area contributed by atoms with Gasteiger partial charge in [0, 0.05) is 24.4 Å². The van der Waals surface area contributed by atoms with Crippen molar-refractivity contribution in [3.63, 3.8) is 0 Å². The van der Waals surface area contributed by atoms with Crippen LogP contribution in [-0.2, 0) is 17.8 Å². The third-order valence-corrected chi connectivity index (χ3v) is 3.77. The first-order valence-electron chi connectivity index (χ1n) is 7.61. The van der Waals surface area contributed by atoms with Crippen molar-refractivity contribution in [1.29, 1.82) is 0 Å². The molecule has 0 radical (unpaired) electrons. The minimum Gasteiger partial charge on any atom is -0.481 e. The number of rotatable bonds is 8. The van der Waals surface area contributed by atoms with Crippen LogP contribution in [0.25, 0.3) is 0 Å². The predicted octanol–water partition coefficient (Wildman–Crippen LogP) is 2.70. The zero-order chi connectivity index (χ0) is 16.0. The molecule has 0 aromatic carbocycles. The number of nitrogens with zero attached hydrogens (tertiary/aromatic N) is 2. The molecule has 1 heterocycles. The number of unbranched alkanes of at least 4 members (excludes halogenated alkanes) is 1. The van der Waals surface area contributed by atoms with Crippen LogP contribution in [0.5, 0.6) is 0 Å². The molecule has 0 bridgehead atoms. The second-order valence-electron chi connectivity index (χ2n) is 5.98. The number of hydrogen-bond acceptors (Lipinski definition) is 3. The number of hydrogen-bond donors (Lipinski definition) is 1. The summed E-state index contributed by atoms with van der Waals surface area (Å²) in [5, 5.41) is 8.82. The van der Waals surface area contributed by atoms with Gasteiger partial charge in [-0.05, 0) is 38.2 Å². The summed E-state index contributed by atoms with van der Waals surface area (Å²) in [6.07, 6.45) is 3.67. The van der Waals surface area contributed by atoms with E-state index in [0.717, 1.165) is 30.5 Å². The summed E-state index contributed by atoms with van der Waals surface area (Å²) in [5.74, 6) is -0.159. The fourth-order valence-electron chi connectivity index (χ4n) is 2.52. The second-order valence-corrected chi connectivity index (χ2v) is 5.98. The third-order valence-electron chi connectivity index (χ3n) is 3.77. The largest absolute Gasteiger partial charge is 0.481 e. The van der Waals surface area contributed by atoms with Crippen LogP contribution >= 0.6 is 0 Å². The van der Waals surface area contributed by atoms with Crippen molar-refractivity contribution >= 4 is 5.97 Å². The quantitative estimate of drug-likeness (QED) is 0.748. The standard InChI is InChI=1S/C16H26N2O3/c1-11(2)7-5-6-10-18-13(4)14(8-9-15(19)20)12(3)17-16(18)21/h11H,5-10H2,1-4H3,(H,19,20). The van der Waals surface area contributed by atoms with E-state index in [4.69, 9.17) is 5.11 Å². The summed E-state index contributed by atoms with van der Waals surface area (Å²) in [4.78, 5) is 26.8. The van der Waals surface area contributed by atoms with Gasteiger partial charge in [0.05, 0.1) is 0 Å². The van der Waals surface area contributed by atoms with Crippen LogP contribution in [0.1, 0.15) is 56.5 Å². The van der Waals surface area contributed by atoms with Gasteiger partial charge in [-0.3, -0.25) is 9.36 Å². The number of aromatic nitrogens is 2. The fourth-order valence-corrected chi connectivity index (χ4v) is 2.52. The number of carboxylic acid groups (broad SMARTS) is 1. The SMILES string of the molecule is Cc1nc(=O)n(CCCCC(C)C)c(C)c1CCC(=O)O. The van der Waals surface area contributed by atoms with Crippen LogP contribution < -0.4 is 5.69 Å². The molecule has 0 amide bonds. The van der Waals surface area contributed by atoms with Crippen LogP contribution in [-0.4, -0.2) is 20.6 Å². The number of aryl methyl sites for hydroxylation is 1. The summed E-state index contributed by atoms with van der Waals surface area (Å²) < 4.78 is 1.69. The van der Waals surface area contributed by atoms with Gasteiger partial charge in [-0.15, -0.1) is 0 Å². The summed E-state index contributed by atoms with van der Waals surface area (Å²) in [5.41, 5.74) is 2.17. The van der Waals surface area contributed by atoms with Gasteiger partial charge in [0.25, 0.3) is 0 Å². The molecule has 0 spiro atoms. The van der Waals surface area contributed by atoms with E-state index in [9.17, 15) is 9.59 Å². The van der Waals surface area contributed by atoms with Gasteiger partial charge < -0.3 is 5.11 Å². The molecular weight excluding hydrogens is 268 g/mol. The van der Waals surface area contributed by atoms with Crippen LogP contribution in [0, 0.1) is 19.8 Å². The summed E-state index contributed by atoms with van der Waals surface area (Å²) in [6, 6.07) is 0. The smallest absolute Gasteiger partial charge is 0.347 e. The van der Waals surface area contributed by atoms with E-state index in [1.54, 1.807) is 11.5 Å². The zero-order valence-electron chi connectivity index (χ0n) is 13.5. The molecule has 0 atom stereocenters. The highest BCUT2D eigenvalue weighted by atomic mass is 16.4. The summed E-state index contributed by atoms with van der Waals surface area (Å²) >= 11 is 0. The summed E-state index contributed by atoms with van der Waals surface area (Å²) in [7, 11) is 0. The lowest BCUT2D eigenvalue weighted by atomic mass is 10.1. The molecular formula is C16H26N2O3. The maximum atomic E-state index is 12.0. The average molecular weight is 294 g/mol. The molecule has 21 heavy (non-hydrogen) atoms. The zero-order valence-corrected chi connectivity index (χ0v) is 13.5. The Balaban J connectivity index is 2.85. The maximum absolute atomic E-state index is 12.0. The topological polar surface area (TPSA) is 72.2 Å². The van der Waals surface area contributed by atoms with Gasteiger partial charge in [-0.1, -0.05) is 26.7 Å². The Morgan fingerprint density at radius 1 is 1.29 bits per heavy atom. The van der Waals surface area contributed by atoms with Crippen molar-refractivity contribution in [3.8, 4) is 0 Å². The number of carbonyl (C=O) groups is 1. The molecule has 1 rings (SSSR count). The molecule has 0 fully saturated rings. The molecule has 1 aromatic heterocycles. The van der Waals surface area contributed by atoms with Gasteiger partial charge in [-0.25, -0.2) is 4.79 Å². The van der Waals surface area contributed by atoms with E-state index in [1.165, 1.54) is 0 Å². The second kappa shape index (κ2) is 7.96. The van der Waals surface area contributed by atoms with Crippen LogP contribution in [0.15, 0.2) is 4.79 Å². The van der Waals surface area contributed by atoms with E-state index in [1.807, 2.05) is 6.92 Å².